The van der Waals surface area contributed by atoms with E-state index in [1.54, 1.807) is 35.9 Å². The summed E-state index contributed by atoms with van der Waals surface area (Å²) in [6.45, 7) is 6.49. The number of carbonyl (C=O) groups is 2. The van der Waals surface area contributed by atoms with Crippen molar-refractivity contribution in [3.63, 3.8) is 0 Å². The quantitative estimate of drug-likeness (QED) is 0.479. The van der Waals surface area contributed by atoms with Gasteiger partial charge in [-0.15, -0.1) is 10.2 Å². The fraction of sp³-hybridized carbons (Fsp3) is 0.304. The second-order valence-electron chi connectivity index (χ2n) is 7.22. The van der Waals surface area contributed by atoms with Crippen molar-refractivity contribution in [1.82, 2.24) is 14.8 Å². The SMILES string of the molecule is CCOc1ccc(NC(=O)Cc2nnc(SCC(=O)Nc3cccc(C)c3C)n2C)cc1. The molecule has 0 aliphatic heterocycles. The highest BCUT2D eigenvalue weighted by Crippen LogP contribution is 2.20. The zero-order valence-electron chi connectivity index (χ0n) is 18.6. The summed E-state index contributed by atoms with van der Waals surface area (Å²) in [5, 5.41) is 14.6. The van der Waals surface area contributed by atoms with Crippen LogP contribution in [0.1, 0.15) is 23.9 Å². The molecule has 2 N–H and O–H groups in total. The van der Waals surface area contributed by atoms with E-state index in [1.807, 2.05) is 39.0 Å². The Balaban J connectivity index is 1.52. The number of aromatic nitrogens is 3. The lowest BCUT2D eigenvalue weighted by Gasteiger charge is -2.10. The maximum absolute atomic E-state index is 12.4. The molecule has 2 aromatic carbocycles. The minimum Gasteiger partial charge on any atom is -0.494 e. The summed E-state index contributed by atoms with van der Waals surface area (Å²) >= 11 is 1.27. The Morgan fingerprint density at radius 1 is 1.03 bits per heavy atom. The molecule has 3 rings (SSSR count). The Hall–Kier alpha value is -3.33. The van der Waals surface area contributed by atoms with Crippen LogP contribution in [0, 0.1) is 13.8 Å². The van der Waals surface area contributed by atoms with Crippen LogP contribution in [-0.4, -0.2) is 38.9 Å². The lowest BCUT2D eigenvalue weighted by Crippen LogP contribution is -2.17. The number of anilines is 2. The molecule has 0 radical (unpaired) electrons. The van der Waals surface area contributed by atoms with Crippen molar-refractivity contribution in [2.45, 2.75) is 32.3 Å². The monoisotopic (exact) mass is 453 g/mol. The highest BCUT2D eigenvalue weighted by atomic mass is 32.2. The van der Waals surface area contributed by atoms with Crippen molar-refractivity contribution < 1.29 is 14.3 Å². The third-order valence-corrected chi connectivity index (χ3v) is 5.92. The van der Waals surface area contributed by atoms with Gasteiger partial charge in [-0.3, -0.25) is 9.59 Å². The topological polar surface area (TPSA) is 98.1 Å². The van der Waals surface area contributed by atoms with Gasteiger partial charge in [0.25, 0.3) is 0 Å². The number of carbonyl (C=O) groups excluding carboxylic acids is 2. The molecule has 1 heterocycles. The first-order valence-electron chi connectivity index (χ1n) is 10.3. The number of rotatable bonds is 9. The summed E-state index contributed by atoms with van der Waals surface area (Å²) in [5.74, 6) is 1.14. The minimum absolute atomic E-state index is 0.0754. The molecule has 0 bridgehead atoms. The van der Waals surface area contributed by atoms with Crippen LogP contribution in [0.25, 0.3) is 0 Å². The highest BCUT2D eigenvalue weighted by molar-refractivity contribution is 7.99. The third kappa shape index (κ3) is 6.10. The Bertz CT molecular complexity index is 1100. The smallest absolute Gasteiger partial charge is 0.234 e. The van der Waals surface area contributed by atoms with E-state index in [0.717, 1.165) is 22.6 Å². The van der Waals surface area contributed by atoms with Crippen molar-refractivity contribution in [2.24, 2.45) is 7.05 Å². The van der Waals surface area contributed by atoms with Crippen LogP contribution < -0.4 is 15.4 Å². The van der Waals surface area contributed by atoms with E-state index in [0.29, 0.717) is 23.3 Å². The zero-order chi connectivity index (χ0) is 23.1. The molecule has 168 valence electrons. The van der Waals surface area contributed by atoms with Crippen molar-refractivity contribution in [2.75, 3.05) is 23.0 Å². The molecule has 9 heteroatoms. The van der Waals surface area contributed by atoms with E-state index in [-0.39, 0.29) is 24.0 Å². The molecule has 0 spiro atoms. The molecule has 8 nitrogen and oxygen atoms in total. The molecule has 0 saturated carbocycles. The number of hydrogen-bond acceptors (Lipinski definition) is 6. The first-order chi connectivity index (χ1) is 15.4. The van der Waals surface area contributed by atoms with Crippen LogP contribution in [0.2, 0.25) is 0 Å². The zero-order valence-corrected chi connectivity index (χ0v) is 19.5. The molecule has 2 amide bonds. The van der Waals surface area contributed by atoms with Crippen LogP contribution in [0.3, 0.4) is 0 Å². The number of nitrogens with one attached hydrogen (secondary N) is 2. The predicted molar refractivity (Wildman–Crippen MR) is 126 cm³/mol. The summed E-state index contributed by atoms with van der Waals surface area (Å²) in [4.78, 5) is 24.7. The Morgan fingerprint density at radius 3 is 2.50 bits per heavy atom. The Labute approximate surface area is 191 Å². The van der Waals surface area contributed by atoms with Crippen LogP contribution in [0.4, 0.5) is 11.4 Å². The molecule has 0 atom stereocenters. The molecular weight excluding hydrogens is 426 g/mol. The molecule has 32 heavy (non-hydrogen) atoms. The van der Waals surface area contributed by atoms with E-state index >= 15 is 0 Å². The third-order valence-electron chi connectivity index (χ3n) is 4.90. The second kappa shape index (κ2) is 10.8. The van der Waals surface area contributed by atoms with Gasteiger partial charge in [0.05, 0.1) is 18.8 Å². The predicted octanol–water partition coefficient (Wildman–Crippen LogP) is 3.74. The number of aryl methyl sites for hydroxylation is 1. The number of ether oxygens (including phenoxy) is 1. The molecule has 0 saturated heterocycles. The lowest BCUT2D eigenvalue weighted by atomic mass is 10.1. The van der Waals surface area contributed by atoms with Crippen molar-refractivity contribution in [1.29, 1.82) is 0 Å². The Kier molecular flexibility index (Phi) is 7.88. The van der Waals surface area contributed by atoms with Gasteiger partial charge < -0.3 is 19.9 Å². The summed E-state index contributed by atoms with van der Waals surface area (Å²) in [6, 6.07) is 13.0. The van der Waals surface area contributed by atoms with Gasteiger partial charge in [-0.25, -0.2) is 0 Å². The van der Waals surface area contributed by atoms with E-state index < -0.39 is 0 Å². The number of nitrogens with zero attached hydrogens (tertiary/aromatic N) is 3. The van der Waals surface area contributed by atoms with Gasteiger partial charge in [-0.2, -0.15) is 0 Å². The molecule has 0 unspecified atom stereocenters. The number of hydrogen-bond donors (Lipinski definition) is 2. The van der Waals surface area contributed by atoms with Crippen LogP contribution in [0.15, 0.2) is 47.6 Å². The summed E-state index contributed by atoms with van der Waals surface area (Å²) < 4.78 is 7.13. The van der Waals surface area contributed by atoms with Gasteiger partial charge in [0.15, 0.2) is 5.16 Å². The van der Waals surface area contributed by atoms with E-state index in [1.165, 1.54) is 11.8 Å². The fourth-order valence-electron chi connectivity index (χ4n) is 2.98. The van der Waals surface area contributed by atoms with Crippen LogP contribution in [0.5, 0.6) is 5.75 Å². The molecule has 0 fully saturated rings. The summed E-state index contributed by atoms with van der Waals surface area (Å²) in [7, 11) is 1.78. The number of benzene rings is 2. The molecule has 3 aromatic rings. The second-order valence-corrected chi connectivity index (χ2v) is 8.17. The maximum Gasteiger partial charge on any atom is 0.234 e. The van der Waals surface area contributed by atoms with E-state index in [9.17, 15) is 9.59 Å². The molecule has 1 aromatic heterocycles. The first kappa shape index (κ1) is 23.3. The summed E-state index contributed by atoms with van der Waals surface area (Å²) in [6.07, 6.45) is 0.0754. The van der Waals surface area contributed by atoms with Crippen LogP contribution in [-0.2, 0) is 23.1 Å². The van der Waals surface area contributed by atoms with Crippen LogP contribution >= 0.6 is 11.8 Å². The van der Waals surface area contributed by atoms with Crippen molar-refractivity contribution >= 4 is 35.0 Å². The Morgan fingerprint density at radius 2 is 1.78 bits per heavy atom. The fourth-order valence-corrected chi connectivity index (χ4v) is 3.71. The van der Waals surface area contributed by atoms with Gasteiger partial charge >= 0.3 is 0 Å². The van der Waals surface area contributed by atoms with Crippen molar-refractivity contribution in [3.8, 4) is 5.75 Å². The van der Waals surface area contributed by atoms with Gasteiger partial charge in [0.1, 0.15) is 11.6 Å². The number of amides is 2. The van der Waals surface area contributed by atoms with Gasteiger partial charge in [0.2, 0.25) is 11.8 Å². The standard InChI is InChI=1S/C23H27N5O3S/c1-5-31-18-11-9-17(10-12-18)24-21(29)13-20-26-27-23(28(20)4)32-14-22(30)25-19-8-6-7-15(2)16(19)3/h6-12H,5,13-14H2,1-4H3,(H,24,29)(H,25,30). The molecule has 0 aliphatic carbocycles. The summed E-state index contributed by atoms with van der Waals surface area (Å²) in [5.41, 5.74) is 3.65. The minimum atomic E-state index is -0.200. The van der Waals surface area contributed by atoms with Gasteiger partial charge in [0, 0.05) is 18.4 Å². The average Bonchev–Trinajstić information content (AvgIpc) is 3.10. The van der Waals surface area contributed by atoms with Crippen molar-refractivity contribution in [3.05, 3.63) is 59.4 Å². The maximum atomic E-state index is 12.4. The van der Waals surface area contributed by atoms with Gasteiger partial charge in [-0.05, 0) is 62.2 Å². The largest absolute Gasteiger partial charge is 0.494 e. The van der Waals surface area contributed by atoms with E-state index in [2.05, 4.69) is 20.8 Å². The lowest BCUT2D eigenvalue weighted by molar-refractivity contribution is -0.116. The normalized spacial score (nSPS) is 10.6. The number of thioether (sulfide) groups is 1. The first-order valence-corrected chi connectivity index (χ1v) is 11.3. The molecular formula is C23H27N5O3S. The van der Waals surface area contributed by atoms with E-state index in [4.69, 9.17) is 4.74 Å². The highest BCUT2D eigenvalue weighted by Gasteiger charge is 2.15. The van der Waals surface area contributed by atoms with Gasteiger partial charge in [-0.1, -0.05) is 23.9 Å². The average molecular weight is 454 g/mol. The molecule has 0 aliphatic rings.